The molecule has 0 aromatic heterocycles. The molecule has 4 heteroatoms. The van der Waals surface area contributed by atoms with Gasteiger partial charge in [0.1, 0.15) is 0 Å². The summed E-state index contributed by atoms with van der Waals surface area (Å²) in [4.78, 5) is 11.9. The molecule has 0 saturated carbocycles. The Labute approximate surface area is 84.8 Å². The number of carbonyl (C=O) groups is 1. The molecule has 0 radical (unpaired) electrons. The Balaban J connectivity index is 1.87. The van der Waals surface area contributed by atoms with E-state index in [1.807, 2.05) is 0 Å². The molecular weight excluding hydrogens is 178 g/mol. The minimum absolute atomic E-state index is 0.187. The summed E-state index contributed by atoms with van der Waals surface area (Å²) in [5.41, 5.74) is -0.187. The van der Waals surface area contributed by atoms with E-state index in [0.29, 0.717) is 6.04 Å². The lowest BCUT2D eigenvalue weighted by atomic mass is 9.81. The lowest BCUT2D eigenvalue weighted by Crippen LogP contribution is -2.60. The van der Waals surface area contributed by atoms with Gasteiger partial charge in [0, 0.05) is 19.6 Å². The van der Waals surface area contributed by atoms with E-state index in [0.717, 1.165) is 39.0 Å². The van der Waals surface area contributed by atoms with E-state index in [1.54, 1.807) is 0 Å². The molecule has 0 aromatic rings. The van der Waals surface area contributed by atoms with Crippen LogP contribution < -0.4 is 16.0 Å². The molecule has 0 bridgehead atoms. The summed E-state index contributed by atoms with van der Waals surface area (Å²) in [7, 11) is 0. The summed E-state index contributed by atoms with van der Waals surface area (Å²) in [6.45, 7) is 5.78. The van der Waals surface area contributed by atoms with Gasteiger partial charge in [0.25, 0.3) is 0 Å². The molecule has 4 nitrogen and oxygen atoms in total. The maximum Gasteiger partial charge on any atom is 0.227 e. The molecule has 1 atom stereocenters. The highest BCUT2D eigenvalue weighted by Crippen LogP contribution is 2.25. The molecule has 2 heterocycles. The van der Waals surface area contributed by atoms with Crippen molar-refractivity contribution in [3.63, 3.8) is 0 Å². The Hall–Kier alpha value is -0.610. The molecule has 2 aliphatic heterocycles. The van der Waals surface area contributed by atoms with Gasteiger partial charge in [0.05, 0.1) is 11.5 Å². The van der Waals surface area contributed by atoms with Crippen LogP contribution in [-0.2, 0) is 4.79 Å². The van der Waals surface area contributed by atoms with Gasteiger partial charge in [-0.1, -0.05) is 0 Å². The molecule has 0 aliphatic carbocycles. The molecule has 1 amide bonds. The van der Waals surface area contributed by atoms with Crippen LogP contribution in [0.5, 0.6) is 0 Å². The largest absolute Gasteiger partial charge is 0.350 e. The summed E-state index contributed by atoms with van der Waals surface area (Å²) in [6.07, 6.45) is 2.11. The smallest absolute Gasteiger partial charge is 0.227 e. The number of hydrogen-bond donors (Lipinski definition) is 3. The van der Waals surface area contributed by atoms with Crippen molar-refractivity contribution in [3.05, 3.63) is 0 Å². The summed E-state index contributed by atoms with van der Waals surface area (Å²) in [5, 5.41) is 9.53. The van der Waals surface area contributed by atoms with Crippen LogP contribution in [0.15, 0.2) is 0 Å². The van der Waals surface area contributed by atoms with E-state index in [4.69, 9.17) is 0 Å². The molecule has 14 heavy (non-hydrogen) atoms. The molecule has 2 rings (SSSR count). The van der Waals surface area contributed by atoms with Crippen molar-refractivity contribution >= 4 is 5.91 Å². The first-order valence-electron chi connectivity index (χ1n) is 5.43. The maximum atomic E-state index is 11.9. The van der Waals surface area contributed by atoms with Crippen molar-refractivity contribution in [2.45, 2.75) is 25.8 Å². The van der Waals surface area contributed by atoms with Gasteiger partial charge >= 0.3 is 0 Å². The molecule has 0 aromatic carbocycles. The van der Waals surface area contributed by atoms with E-state index >= 15 is 0 Å². The Kier molecular flexibility index (Phi) is 2.74. The zero-order valence-corrected chi connectivity index (χ0v) is 8.73. The highest BCUT2D eigenvalue weighted by atomic mass is 16.2. The molecular formula is C10H19N3O. The van der Waals surface area contributed by atoms with Crippen molar-refractivity contribution in [2.75, 3.05) is 26.2 Å². The van der Waals surface area contributed by atoms with E-state index in [-0.39, 0.29) is 11.3 Å². The number of piperidine rings is 1. The summed E-state index contributed by atoms with van der Waals surface area (Å²) in [6, 6.07) is 0.362. The number of nitrogens with one attached hydrogen (secondary N) is 3. The normalized spacial score (nSPS) is 33.5. The fourth-order valence-electron chi connectivity index (χ4n) is 2.00. The second-order valence-electron chi connectivity index (χ2n) is 4.67. The third-order valence-corrected chi connectivity index (χ3v) is 3.26. The van der Waals surface area contributed by atoms with Gasteiger partial charge in [0.2, 0.25) is 5.91 Å². The van der Waals surface area contributed by atoms with Crippen LogP contribution in [0.1, 0.15) is 19.8 Å². The second-order valence-corrected chi connectivity index (χ2v) is 4.67. The van der Waals surface area contributed by atoms with Crippen LogP contribution in [0.2, 0.25) is 0 Å². The highest BCUT2D eigenvalue weighted by Gasteiger charge is 2.36. The topological polar surface area (TPSA) is 53.2 Å². The van der Waals surface area contributed by atoms with Crippen LogP contribution in [0.3, 0.4) is 0 Å². The molecule has 1 unspecified atom stereocenters. The SMILES string of the molecule is CC1(C(=O)NC2CNC2)CCCNC1. The standard InChI is InChI=1S/C10H19N3O/c1-10(3-2-4-11-7-10)9(14)13-8-5-12-6-8/h8,11-12H,2-7H2,1H3,(H,13,14). The zero-order valence-electron chi connectivity index (χ0n) is 8.73. The number of amides is 1. The highest BCUT2D eigenvalue weighted by molar-refractivity contribution is 5.83. The summed E-state index contributed by atoms with van der Waals surface area (Å²) < 4.78 is 0. The van der Waals surface area contributed by atoms with Gasteiger partial charge in [-0.3, -0.25) is 4.79 Å². The number of hydrogen-bond acceptors (Lipinski definition) is 3. The number of rotatable bonds is 2. The van der Waals surface area contributed by atoms with E-state index < -0.39 is 0 Å². The predicted octanol–water partition coefficient (Wildman–Crippen LogP) is -0.536. The molecule has 2 aliphatic rings. The van der Waals surface area contributed by atoms with Gasteiger partial charge in [-0.2, -0.15) is 0 Å². The average molecular weight is 197 g/mol. The van der Waals surface area contributed by atoms with Crippen LogP contribution in [0, 0.1) is 5.41 Å². The monoisotopic (exact) mass is 197 g/mol. The lowest BCUT2D eigenvalue weighted by Gasteiger charge is -2.36. The predicted molar refractivity (Wildman–Crippen MR) is 55.0 cm³/mol. The fourth-order valence-corrected chi connectivity index (χ4v) is 2.00. The van der Waals surface area contributed by atoms with Gasteiger partial charge < -0.3 is 16.0 Å². The Morgan fingerprint density at radius 3 is 2.71 bits per heavy atom. The van der Waals surface area contributed by atoms with Gasteiger partial charge in [-0.05, 0) is 26.3 Å². The van der Waals surface area contributed by atoms with Gasteiger partial charge in [0.15, 0.2) is 0 Å². The molecule has 0 spiro atoms. The van der Waals surface area contributed by atoms with Crippen molar-refractivity contribution in [1.82, 2.24) is 16.0 Å². The van der Waals surface area contributed by atoms with Gasteiger partial charge in [-0.15, -0.1) is 0 Å². The minimum Gasteiger partial charge on any atom is -0.350 e. The minimum atomic E-state index is -0.187. The maximum absolute atomic E-state index is 11.9. The van der Waals surface area contributed by atoms with Crippen molar-refractivity contribution < 1.29 is 4.79 Å². The zero-order chi connectivity index (χ0) is 10.0. The quantitative estimate of drug-likeness (QED) is 0.557. The average Bonchev–Trinajstić information content (AvgIpc) is 2.12. The van der Waals surface area contributed by atoms with E-state index in [1.165, 1.54) is 0 Å². The van der Waals surface area contributed by atoms with Crippen LogP contribution in [-0.4, -0.2) is 38.1 Å². The first kappa shape index (κ1) is 9.93. The third-order valence-electron chi connectivity index (χ3n) is 3.26. The Morgan fingerprint density at radius 2 is 2.21 bits per heavy atom. The lowest BCUT2D eigenvalue weighted by molar-refractivity contribution is -0.132. The van der Waals surface area contributed by atoms with Crippen molar-refractivity contribution in [3.8, 4) is 0 Å². The van der Waals surface area contributed by atoms with Crippen LogP contribution in [0.4, 0.5) is 0 Å². The van der Waals surface area contributed by atoms with Crippen LogP contribution in [0.25, 0.3) is 0 Å². The molecule has 80 valence electrons. The van der Waals surface area contributed by atoms with E-state index in [2.05, 4.69) is 22.9 Å². The summed E-state index contributed by atoms with van der Waals surface area (Å²) in [5.74, 6) is 0.219. The van der Waals surface area contributed by atoms with Crippen LogP contribution >= 0.6 is 0 Å². The molecule has 3 N–H and O–H groups in total. The molecule has 2 saturated heterocycles. The second kappa shape index (κ2) is 3.87. The number of carbonyl (C=O) groups excluding carboxylic acids is 1. The first-order valence-corrected chi connectivity index (χ1v) is 5.43. The summed E-state index contributed by atoms with van der Waals surface area (Å²) >= 11 is 0. The first-order chi connectivity index (χ1) is 6.71. The van der Waals surface area contributed by atoms with E-state index in [9.17, 15) is 4.79 Å². The molecule has 2 fully saturated rings. The third kappa shape index (κ3) is 1.91. The van der Waals surface area contributed by atoms with Gasteiger partial charge in [-0.25, -0.2) is 0 Å². The fraction of sp³-hybridized carbons (Fsp3) is 0.900. The Morgan fingerprint density at radius 1 is 1.43 bits per heavy atom. The van der Waals surface area contributed by atoms with Crippen molar-refractivity contribution in [2.24, 2.45) is 5.41 Å². The van der Waals surface area contributed by atoms with Crippen molar-refractivity contribution in [1.29, 1.82) is 0 Å². The Bertz CT molecular complexity index is 219.